The van der Waals surface area contributed by atoms with Crippen molar-refractivity contribution in [3.63, 3.8) is 0 Å². The third-order valence-electron chi connectivity index (χ3n) is 7.02. The molecule has 4 rings (SSSR count). The first-order valence-corrected chi connectivity index (χ1v) is 12.5. The summed E-state index contributed by atoms with van der Waals surface area (Å²) in [7, 11) is 1.27. The first kappa shape index (κ1) is 27.9. The van der Waals surface area contributed by atoms with E-state index in [0.717, 1.165) is 12.1 Å². The van der Waals surface area contributed by atoms with Crippen molar-refractivity contribution in [3.05, 3.63) is 65.2 Å². The maximum atomic E-state index is 13.7. The molecule has 8 nitrogen and oxygen atoms in total. The molecule has 1 N–H and O–H groups in total. The number of hydrogen-bond acceptors (Lipinski definition) is 6. The number of benzene rings is 2. The van der Waals surface area contributed by atoms with Crippen LogP contribution < -0.4 is 4.90 Å². The number of piperazine rings is 1. The predicted molar refractivity (Wildman–Crippen MR) is 134 cm³/mol. The van der Waals surface area contributed by atoms with Crippen molar-refractivity contribution in [1.82, 2.24) is 9.80 Å². The molecule has 0 bridgehead atoms. The van der Waals surface area contributed by atoms with Crippen molar-refractivity contribution >= 4 is 17.7 Å². The number of β-amino-alcohol motifs (C(OH)–C–C–N with tert-alkyl or cyclic N) is 1. The lowest BCUT2D eigenvalue weighted by molar-refractivity contribution is -0.137. The maximum absolute atomic E-state index is 13.7. The summed E-state index contributed by atoms with van der Waals surface area (Å²) in [6.45, 7) is 3.37. The van der Waals surface area contributed by atoms with Gasteiger partial charge in [0, 0.05) is 64.5 Å². The van der Waals surface area contributed by atoms with Crippen LogP contribution in [0.4, 0.5) is 23.7 Å². The average Bonchev–Trinajstić information content (AvgIpc) is 2.91. The number of anilines is 1. The predicted octanol–water partition coefficient (Wildman–Crippen LogP) is 3.78. The molecule has 38 heavy (non-hydrogen) atoms. The van der Waals surface area contributed by atoms with E-state index >= 15 is 0 Å². The molecule has 0 aromatic heterocycles. The van der Waals surface area contributed by atoms with Gasteiger partial charge in [0.05, 0.1) is 30.4 Å². The van der Waals surface area contributed by atoms with E-state index in [2.05, 4.69) is 4.90 Å². The lowest BCUT2D eigenvalue weighted by Gasteiger charge is -2.41. The molecule has 0 atom stereocenters. The van der Waals surface area contributed by atoms with Gasteiger partial charge in [-0.25, -0.2) is 9.59 Å². The van der Waals surface area contributed by atoms with Crippen molar-refractivity contribution in [2.75, 3.05) is 57.9 Å². The van der Waals surface area contributed by atoms with Gasteiger partial charge in [-0.2, -0.15) is 13.2 Å². The van der Waals surface area contributed by atoms with Crippen molar-refractivity contribution in [1.29, 1.82) is 0 Å². The van der Waals surface area contributed by atoms with Gasteiger partial charge in [0.15, 0.2) is 0 Å². The molecule has 0 unspecified atom stereocenters. The molecule has 2 aromatic rings. The number of ether oxygens (including phenoxy) is 2. The van der Waals surface area contributed by atoms with Crippen molar-refractivity contribution < 1.29 is 37.3 Å². The molecule has 2 saturated heterocycles. The van der Waals surface area contributed by atoms with Gasteiger partial charge in [-0.3, -0.25) is 9.80 Å². The van der Waals surface area contributed by atoms with E-state index in [1.807, 2.05) is 0 Å². The molecule has 2 fully saturated rings. The van der Waals surface area contributed by atoms with Gasteiger partial charge in [0.25, 0.3) is 0 Å². The smallest absolute Gasteiger partial charge is 0.416 e. The number of esters is 1. The lowest BCUT2D eigenvalue weighted by Crippen LogP contribution is -2.56. The first-order chi connectivity index (χ1) is 18.1. The molecule has 206 valence electrons. The first-order valence-electron chi connectivity index (χ1n) is 12.5. The Bertz CT molecular complexity index is 1110. The Morgan fingerprint density at radius 3 is 2.32 bits per heavy atom. The highest BCUT2D eigenvalue weighted by molar-refractivity contribution is 5.92. The number of amides is 2. The molecule has 2 aromatic carbocycles. The van der Waals surface area contributed by atoms with E-state index in [1.165, 1.54) is 24.1 Å². The van der Waals surface area contributed by atoms with Crippen molar-refractivity contribution in [2.24, 2.45) is 0 Å². The quantitative estimate of drug-likeness (QED) is 0.567. The molecule has 0 radical (unpaired) electrons. The Hall–Kier alpha value is -3.15. The fourth-order valence-corrected chi connectivity index (χ4v) is 4.76. The summed E-state index contributed by atoms with van der Waals surface area (Å²) in [6.07, 6.45) is -3.43. The number of carbonyl (C=O) groups excluding carboxylic acids is 2. The summed E-state index contributed by atoms with van der Waals surface area (Å²) in [5, 5.41) is 10.8. The van der Waals surface area contributed by atoms with E-state index in [4.69, 9.17) is 9.47 Å². The molecule has 0 saturated carbocycles. The zero-order chi connectivity index (χ0) is 27.3. The molecular formula is C27H32F3N3O5. The SMILES string of the molecule is COC(=O)c1ccc(CN(C(=O)N2CCN(CC3(O)CCOCC3)CC2)c2cccc(C(F)(F)F)c2)cc1. The van der Waals surface area contributed by atoms with Gasteiger partial charge in [-0.1, -0.05) is 18.2 Å². The number of alkyl halides is 3. The van der Waals surface area contributed by atoms with Crippen LogP contribution in [0.15, 0.2) is 48.5 Å². The Balaban J connectivity index is 1.51. The highest BCUT2D eigenvalue weighted by atomic mass is 19.4. The third-order valence-corrected chi connectivity index (χ3v) is 7.02. The largest absolute Gasteiger partial charge is 0.465 e. The number of aliphatic hydroxyl groups is 1. The summed E-state index contributed by atoms with van der Waals surface area (Å²) in [5.74, 6) is -0.509. The van der Waals surface area contributed by atoms with E-state index < -0.39 is 29.3 Å². The second kappa shape index (κ2) is 11.7. The fourth-order valence-electron chi connectivity index (χ4n) is 4.76. The molecule has 2 aliphatic rings. The van der Waals surface area contributed by atoms with Crippen LogP contribution in [-0.2, 0) is 22.2 Å². The number of nitrogens with zero attached hydrogens (tertiary/aromatic N) is 3. The van der Waals surface area contributed by atoms with Crippen LogP contribution >= 0.6 is 0 Å². The molecule has 2 aliphatic heterocycles. The van der Waals surface area contributed by atoms with Crippen molar-refractivity contribution in [2.45, 2.75) is 31.2 Å². The van der Waals surface area contributed by atoms with Gasteiger partial charge in [-0.15, -0.1) is 0 Å². The number of urea groups is 1. The minimum atomic E-state index is -4.55. The number of carbonyl (C=O) groups is 2. The van der Waals surface area contributed by atoms with E-state index in [1.54, 1.807) is 29.2 Å². The minimum absolute atomic E-state index is 0.0154. The van der Waals surface area contributed by atoms with Crippen LogP contribution in [0.25, 0.3) is 0 Å². The molecule has 2 amide bonds. The van der Waals surface area contributed by atoms with Gasteiger partial charge in [-0.05, 0) is 35.9 Å². The molecule has 0 spiro atoms. The summed E-state index contributed by atoms with van der Waals surface area (Å²) in [5.41, 5.74) is -0.561. The average molecular weight is 536 g/mol. The summed E-state index contributed by atoms with van der Waals surface area (Å²) in [4.78, 5) is 30.5. The van der Waals surface area contributed by atoms with Gasteiger partial charge in [0.1, 0.15) is 0 Å². The van der Waals surface area contributed by atoms with Gasteiger partial charge in [0.2, 0.25) is 0 Å². The normalized spacial score (nSPS) is 18.2. The van der Waals surface area contributed by atoms with Crippen LogP contribution in [0.5, 0.6) is 0 Å². The molecule has 2 heterocycles. The third kappa shape index (κ3) is 6.83. The van der Waals surface area contributed by atoms with Crippen LogP contribution in [0.2, 0.25) is 0 Å². The van der Waals surface area contributed by atoms with Crippen LogP contribution in [0, 0.1) is 0 Å². The van der Waals surface area contributed by atoms with E-state index in [-0.39, 0.29) is 12.2 Å². The number of hydrogen-bond donors (Lipinski definition) is 1. The number of rotatable bonds is 6. The lowest BCUT2D eigenvalue weighted by atomic mass is 9.93. The summed E-state index contributed by atoms with van der Waals surface area (Å²) < 4.78 is 50.4. The Labute approximate surface area is 219 Å². The van der Waals surface area contributed by atoms with Crippen molar-refractivity contribution in [3.8, 4) is 0 Å². The summed E-state index contributed by atoms with van der Waals surface area (Å²) >= 11 is 0. The Kier molecular flexibility index (Phi) is 8.59. The molecule has 0 aliphatic carbocycles. The minimum Gasteiger partial charge on any atom is -0.465 e. The topological polar surface area (TPSA) is 82.6 Å². The van der Waals surface area contributed by atoms with E-state index in [0.29, 0.717) is 69.9 Å². The zero-order valence-corrected chi connectivity index (χ0v) is 21.2. The second-order valence-electron chi connectivity index (χ2n) is 9.71. The monoisotopic (exact) mass is 535 g/mol. The number of halogens is 3. The standard InChI is InChI=1S/C27H32F3N3O5/c1-37-24(34)21-7-5-20(6-8-21)18-33(23-4-2-3-22(17-23)27(28,29)30)25(35)32-13-11-31(12-14-32)19-26(36)9-15-38-16-10-26/h2-8,17,36H,9-16,18-19H2,1H3. The fraction of sp³-hybridized carbons (Fsp3) is 0.481. The van der Waals surface area contributed by atoms with Crippen LogP contribution in [-0.4, -0.2) is 85.6 Å². The van der Waals surface area contributed by atoms with E-state index in [9.17, 15) is 27.9 Å². The van der Waals surface area contributed by atoms with Gasteiger partial charge < -0.3 is 19.5 Å². The molecular weight excluding hydrogens is 503 g/mol. The van der Waals surface area contributed by atoms with Crippen LogP contribution in [0.1, 0.15) is 34.3 Å². The van der Waals surface area contributed by atoms with Crippen LogP contribution in [0.3, 0.4) is 0 Å². The van der Waals surface area contributed by atoms with Gasteiger partial charge >= 0.3 is 18.2 Å². The zero-order valence-electron chi connectivity index (χ0n) is 21.2. The maximum Gasteiger partial charge on any atom is 0.416 e. The highest BCUT2D eigenvalue weighted by Gasteiger charge is 2.35. The second-order valence-corrected chi connectivity index (χ2v) is 9.71. The Morgan fingerprint density at radius 2 is 1.71 bits per heavy atom. The summed E-state index contributed by atoms with van der Waals surface area (Å²) in [6, 6.07) is 10.7. The Morgan fingerprint density at radius 1 is 1.05 bits per heavy atom. The highest BCUT2D eigenvalue weighted by Crippen LogP contribution is 2.32. The molecule has 11 heteroatoms. The number of methoxy groups -OCH3 is 1.